The van der Waals surface area contributed by atoms with Gasteiger partial charge in [0.15, 0.2) is 0 Å². The van der Waals surface area contributed by atoms with Gasteiger partial charge in [-0.15, -0.1) is 0 Å². The summed E-state index contributed by atoms with van der Waals surface area (Å²) in [6.45, 7) is 10.5. The fourth-order valence-electron chi connectivity index (χ4n) is 1.68. The summed E-state index contributed by atoms with van der Waals surface area (Å²) in [6, 6.07) is 0. The van der Waals surface area contributed by atoms with Crippen LogP contribution in [-0.2, 0) is 14.3 Å². The summed E-state index contributed by atoms with van der Waals surface area (Å²) in [6.07, 6.45) is 2.39. The third-order valence-corrected chi connectivity index (χ3v) is 6.16. The van der Waals surface area contributed by atoms with Gasteiger partial charge in [0.2, 0.25) is 5.91 Å². The molecule has 158 valence electrons. The van der Waals surface area contributed by atoms with Crippen molar-refractivity contribution < 1.29 is 14.3 Å². The summed E-state index contributed by atoms with van der Waals surface area (Å²) < 4.78 is 14.1. The van der Waals surface area contributed by atoms with E-state index in [1.165, 1.54) is 0 Å². The Balaban J connectivity index is 3.30. The Morgan fingerprint density at radius 2 is 1.81 bits per heavy atom. The van der Waals surface area contributed by atoms with Gasteiger partial charge in [0.25, 0.3) is 0 Å². The fourth-order valence-corrected chi connectivity index (χ4v) is 4.14. The molecule has 0 saturated carbocycles. The van der Waals surface area contributed by atoms with Crippen LogP contribution in [0.15, 0.2) is 0 Å². The van der Waals surface area contributed by atoms with E-state index >= 15 is 0 Å². The highest BCUT2D eigenvalue weighted by molar-refractivity contribution is 8.76. The van der Waals surface area contributed by atoms with Gasteiger partial charge in [-0.05, 0) is 13.2 Å². The number of nitrogens with one attached hydrogen (secondary N) is 3. The lowest BCUT2D eigenvalue weighted by Gasteiger charge is -2.13. The van der Waals surface area contributed by atoms with E-state index < -0.39 is 0 Å². The van der Waals surface area contributed by atoms with Crippen LogP contribution in [0.1, 0.15) is 27.2 Å². The first-order valence-electron chi connectivity index (χ1n) is 9.24. The van der Waals surface area contributed by atoms with E-state index in [4.69, 9.17) is 9.47 Å². The van der Waals surface area contributed by atoms with Crippen molar-refractivity contribution in [1.82, 2.24) is 15.4 Å². The maximum Gasteiger partial charge on any atom is 0.223 e. The molecule has 0 aromatic carbocycles. The van der Waals surface area contributed by atoms with E-state index in [9.17, 15) is 4.79 Å². The van der Waals surface area contributed by atoms with Crippen molar-refractivity contribution in [3.8, 4) is 11.8 Å². The molecule has 6 nitrogen and oxygen atoms in total. The Hall–Kier alpha value is -0.0800. The first-order chi connectivity index (χ1) is 13.1. The number of hydrogen-bond donors (Lipinski definition) is 3. The quantitative estimate of drug-likeness (QED) is 0.105. The zero-order valence-electron chi connectivity index (χ0n) is 17.0. The number of amides is 1. The lowest BCUT2D eigenvalue weighted by atomic mass is 10.2. The van der Waals surface area contributed by atoms with Gasteiger partial charge in [-0.25, -0.2) is 0 Å². The van der Waals surface area contributed by atoms with Gasteiger partial charge >= 0.3 is 0 Å². The zero-order valence-corrected chi connectivity index (χ0v) is 19.4. The second kappa shape index (κ2) is 20.6. The van der Waals surface area contributed by atoms with Crippen LogP contribution in [0.25, 0.3) is 0 Å². The van der Waals surface area contributed by atoms with Crippen LogP contribution in [0, 0.1) is 17.8 Å². The molecule has 0 rings (SSSR count). The molecule has 1 unspecified atom stereocenters. The average Bonchev–Trinajstić information content (AvgIpc) is 2.63. The summed E-state index contributed by atoms with van der Waals surface area (Å²) >= 11 is 1.65. The van der Waals surface area contributed by atoms with Crippen LogP contribution >= 0.6 is 33.5 Å². The highest BCUT2D eigenvalue weighted by Crippen LogP contribution is 2.24. The third kappa shape index (κ3) is 22.1. The van der Waals surface area contributed by atoms with Gasteiger partial charge in [0.1, 0.15) is 0 Å². The molecule has 0 aromatic heterocycles. The standard InChI is InChI=1S/C18H35N3O3S3/c1-16(2)6-5-8-20-18(22)7-11-23-13-14-24-12-9-19-17(3)27-26-15-10-21-25-4/h16-17,19,21H,7-15H2,1-4H3,(H,20,22). The molecule has 0 heterocycles. The molecule has 3 N–H and O–H groups in total. The topological polar surface area (TPSA) is 71.6 Å². The lowest BCUT2D eigenvalue weighted by molar-refractivity contribution is -0.122. The number of hydrogen-bond acceptors (Lipinski definition) is 8. The Labute approximate surface area is 177 Å². The molecular formula is C18H35N3O3S3. The van der Waals surface area contributed by atoms with Crippen LogP contribution < -0.4 is 15.4 Å². The highest BCUT2D eigenvalue weighted by atomic mass is 33.1. The van der Waals surface area contributed by atoms with Crippen LogP contribution in [0.3, 0.4) is 0 Å². The monoisotopic (exact) mass is 437 g/mol. The van der Waals surface area contributed by atoms with E-state index in [0.717, 1.165) is 18.8 Å². The first-order valence-corrected chi connectivity index (χ1v) is 12.8. The number of rotatable bonds is 17. The fraction of sp³-hybridized carbons (Fsp3) is 0.833. The molecular weight excluding hydrogens is 402 g/mol. The molecule has 0 bridgehead atoms. The van der Waals surface area contributed by atoms with Crippen molar-refractivity contribution in [2.24, 2.45) is 5.92 Å². The zero-order chi connectivity index (χ0) is 20.2. The minimum absolute atomic E-state index is 0.0354. The molecule has 1 atom stereocenters. The van der Waals surface area contributed by atoms with Crippen molar-refractivity contribution in [3.05, 3.63) is 0 Å². The third-order valence-electron chi connectivity index (χ3n) is 2.93. The van der Waals surface area contributed by atoms with Crippen LogP contribution in [-0.4, -0.2) is 69.4 Å². The second-order valence-electron chi connectivity index (χ2n) is 5.84. The number of ether oxygens (including phenoxy) is 2. The number of carbonyl (C=O) groups excluding carboxylic acids is 1. The number of carbonyl (C=O) groups is 1. The Bertz CT molecular complexity index is 418. The van der Waals surface area contributed by atoms with E-state index in [1.54, 1.807) is 11.9 Å². The molecule has 9 heteroatoms. The summed E-state index contributed by atoms with van der Waals surface area (Å²) in [5, 5.41) is 6.56. The smallest absolute Gasteiger partial charge is 0.223 e. The average molecular weight is 438 g/mol. The SMILES string of the molecule is CSNCCSSC(C)NCCOCCOCCC(=O)NCC#CC(C)C. The molecule has 0 aliphatic carbocycles. The van der Waals surface area contributed by atoms with Gasteiger partial charge in [-0.3, -0.25) is 9.52 Å². The summed E-state index contributed by atoms with van der Waals surface area (Å²) in [5.41, 5.74) is 0. The highest BCUT2D eigenvalue weighted by Gasteiger charge is 2.02. The second-order valence-corrected chi connectivity index (χ2v) is 9.37. The van der Waals surface area contributed by atoms with Crippen molar-refractivity contribution in [1.29, 1.82) is 0 Å². The molecule has 0 saturated heterocycles. The van der Waals surface area contributed by atoms with Gasteiger partial charge < -0.3 is 20.1 Å². The molecule has 27 heavy (non-hydrogen) atoms. The summed E-state index contributed by atoms with van der Waals surface area (Å²) in [4.78, 5) is 11.5. The Kier molecular flexibility index (Phi) is 20.6. The lowest BCUT2D eigenvalue weighted by Crippen LogP contribution is -2.27. The van der Waals surface area contributed by atoms with Crippen molar-refractivity contribution in [2.45, 2.75) is 32.6 Å². The van der Waals surface area contributed by atoms with Gasteiger partial charge in [0.05, 0.1) is 38.3 Å². The molecule has 0 spiro atoms. The predicted molar refractivity (Wildman–Crippen MR) is 121 cm³/mol. The van der Waals surface area contributed by atoms with Gasteiger partial charge in [-0.1, -0.05) is 59.2 Å². The van der Waals surface area contributed by atoms with Crippen LogP contribution in [0.4, 0.5) is 0 Å². The molecule has 0 aliphatic heterocycles. The molecule has 0 aliphatic rings. The Morgan fingerprint density at radius 3 is 2.52 bits per heavy atom. The first kappa shape index (κ1) is 26.9. The minimum Gasteiger partial charge on any atom is -0.379 e. The van der Waals surface area contributed by atoms with Crippen molar-refractivity contribution in [3.63, 3.8) is 0 Å². The maximum atomic E-state index is 11.5. The van der Waals surface area contributed by atoms with E-state index in [2.05, 4.69) is 34.1 Å². The van der Waals surface area contributed by atoms with Gasteiger partial charge in [0, 0.05) is 31.2 Å². The van der Waals surface area contributed by atoms with E-state index in [-0.39, 0.29) is 5.91 Å². The van der Waals surface area contributed by atoms with Crippen molar-refractivity contribution in [2.75, 3.05) is 58.1 Å². The van der Waals surface area contributed by atoms with Crippen LogP contribution in [0.2, 0.25) is 0 Å². The summed E-state index contributed by atoms with van der Waals surface area (Å²) in [5.74, 6) is 7.30. The maximum absolute atomic E-state index is 11.5. The molecule has 0 fully saturated rings. The predicted octanol–water partition coefficient (Wildman–Crippen LogP) is 2.37. The van der Waals surface area contributed by atoms with E-state index in [0.29, 0.717) is 50.7 Å². The van der Waals surface area contributed by atoms with Crippen molar-refractivity contribution >= 4 is 39.4 Å². The molecule has 1 amide bonds. The minimum atomic E-state index is -0.0354. The Morgan fingerprint density at radius 1 is 1.07 bits per heavy atom. The molecule has 0 aromatic rings. The van der Waals surface area contributed by atoms with Gasteiger partial charge in [-0.2, -0.15) is 0 Å². The van der Waals surface area contributed by atoms with Crippen LogP contribution in [0.5, 0.6) is 0 Å². The van der Waals surface area contributed by atoms with E-state index in [1.807, 2.05) is 41.7 Å². The largest absolute Gasteiger partial charge is 0.379 e. The normalized spacial score (nSPS) is 11.9. The summed E-state index contributed by atoms with van der Waals surface area (Å²) in [7, 11) is 3.71. The molecule has 0 radical (unpaired) electrons.